The van der Waals surface area contributed by atoms with Gasteiger partial charge in [0.05, 0.1) is 16.8 Å². The first-order chi connectivity index (χ1) is 24.3. The predicted octanol–water partition coefficient (Wildman–Crippen LogP) is 10.4. The average Bonchev–Trinajstić information content (AvgIpc) is 3.66. The van der Waals surface area contributed by atoms with Crippen LogP contribution in [0.1, 0.15) is 40.7 Å². The largest absolute Gasteiger partial charge is 0.387 e. The molecular formula is C46H33N3. The summed E-state index contributed by atoms with van der Waals surface area (Å²) in [5, 5.41) is 3.34. The van der Waals surface area contributed by atoms with Gasteiger partial charge >= 0.3 is 0 Å². The zero-order valence-corrected chi connectivity index (χ0v) is 27.0. The van der Waals surface area contributed by atoms with Crippen molar-refractivity contribution in [1.29, 1.82) is 0 Å². The molecule has 0 radical (unpaired) electrons. The zero-order valence-electron chi connectivity index (χ0n) is 27.0. The maximum absolute atomic E-state index is 5.32. The van der Waals surface area contributed by atoms with Crippen molar-refractivity contribution in [2.45, 2.75) is 18.3 Å². The summed E-state index contributed by atoms with van der Waals surface area (Å²) >= 11 is 0. The van der Waals surface area contributed by atoms with Gasteiger partial charge in [0.2, 0.25) is 0 Å². The lowest BCUT2D eigenvalue weighted by Crippen LogP contribution is -2.27. The average molecular weight is 628 g/mol. The van der Waals surface area contributed by atoms with Crippen molar-refractivity contribution in [3.8, 4) is 45.0 Å². The second-order valence-electron chi connectivity index (χ2n) is 13.3. The summed E-state index contributed by atoms with van der Waals surface area (Å²) in [6.45, 7) is 0.806. The maximum Gasteiger partial charge on any atom is 0.160 e. The number of fused-ring (bicyclic) bond motifs is 9. The van der Waals surface area contributed by atoms with Gasteiger partial charge in [-0.1, -0.05) is 127 Å². The summed E-state index contributed by atoms with van der Waals surface area (Å²) in [6, 6.07) is 46.3. The molecule has 2 heterocycles. The molecule has 3 heteroatoms. The van der Waals surface area contributed by atoms with E-state index in [-0.39, 0.29) is 5.41 Å². The highest BCUT2D eigenvalue weighted by molar-refractivity contribution is 5.97. The van der Waals surface area contributed by atoms with E-state index in [0.717, 1.165) is 53.3 Å². The molecule has 0 fully saturated rings. The van der Waals surface area contributed by atoms with Crippen molar-refractivity contribution >= 4 is 11.1 Å². The number of dihydropyridines is 1. The molecule has 0 amide bonds. The van der Waals surface area contributed by atoms with Crippen LogP contribution in [0.3, 0.4) is 0 Å². The molecule has 0 bridgehead atoms. The summed E-state index contributed by atoms with van der Waals surface area (Å²) in [4.78, 5) is 10.6. The fourth-order valence-corrected chi connectivity index (χ4v) is 8.57. The number of hydrogen-bond donors (Lipinski definition) is 1. The fourth-order valence-electron chi connectivity index (χ4n) is 8.57. The Morgan fingerprint density at radius 3 is 2.12 bits per heavy atom. The Hall–Kier alpha value is -6.06. The molecule has 0 saturated carbocycles. The van der Waals surface area contributed by atoms with Crippen molar-refractivity contribution in [1.82, 2.24) is 15.3 Å². The van der Waals surface area contributed by atoms with Gasteiger partial charge in [-0.3, -0.25) is 0 Å². The first kappa shape index (κ1) is 28.0. The Balaban J connectivity index is 1.19. The van der Waals surface area contributed by atoms with Crippen LogP contribution in [0.25, 0.3) is 56.2 Å². The Morgan fingerprint density at radius 2 is 1.29 bits per heavy atom. The molecule has 1 unspecified atom stereocenters. The van der Waals surface area contributed by atoms with Crippen LogP contribution in [0.4, 0.5) is 0 Å². The number of benzene rings is 5. The Bertz CT molecular complexity index is 2450. The molecule has 1 spiro atoms. The highest BCUT2D eigenvalue weighted by atomic mass is 14.9. The van der Waals surface area contributed by atoms with E-state index in [4.69, 9.17) is 9.97 Å². The third kappa shape index (κ3) is 4.22. The summed E-state index contributed by atoms with van der Waals surface area (Å²) in [5.41, 5.74) is 18.1. The Morgan fingerprint density at radius 1 is 0.571 bits per heavy atom. The molecule has 232 valence electrons. The van der Waals surface area contributed by atoms with Gasteiger partial charge in [0.15, 0.2) is 5.82 Å². The maximum atomic E-state index is 5.32. The standard InChI is InChI=1S/C46H33N3/c1-2-12-30(13-3-1)43-28-44(32-15-10-14-31(26-32)34-16-11-25-47-29-34)49-45(48-43)33-23-24-38-37-19-6-9-22-41(37)46(42(38)27-33)39-20-7-4-17-35(39)36-18-5-8-21-40(36)46/h1-7,9-20,22-28,47H,8,21,29H2. The summed E-state index contributed by atoms with van der Waals surface area (Å²) in [7, 11) is 0. The lowest BCUT2D eigenvalue weighted by Gasteiger charge is -2.33. The number of nitrogens with zero attached hydrogens (tertiary/aromatic N) is 2. The third-order valence-electron chi connectivity index (χ3n) is 10.7. The molecule has 49 heavy (non-hydrogen) atoms. The molecule has 6 aromatic rings. The van der Waals surface area contributed by atoms with Crippen LogP contribution in [0.15, 0.2) is 163 Å². The van der Waals surface area contributed by atoms with Gasteiger partial charge < -0.3 is 5.32 Å². The Labute approximate surface area is 286 Å². The molecule has 1 aliphatic heterocycles. The highest BCUT2D eigenvalue weighted by Crippen LogP contribution is 2.63. The van der Waals surface area contributed by atoms with Crippen molar-refractivity contribution in [2.75, 3.05) is 6.54 Å². The van der Waals surface area contributed by atoms with Crippen molar-refractivity contribution in [3.05, 3.63) is 191 Å². The smallest absolute Gasteiger partial charge is 0.160 e. The van der Waals surface area contributed by atoms with Gasteiger partial charge in [-0.25, -0.2) is 9.97 Å². The van der Waals surface area contributed by atoms with Crippen LogP contribution >= 0.6 is 0 Å². The predicted molar refractivity (Wildman–Crippen MR) is 201 cm³/mol. The first-order valence-electron chi connectivity index (χ1n) is 17.2. The monoisotopic (exact) mass is 627 g/mol. The molecule has 1 N–H and O–H groups in total. The van der Waals surface area contributed by atoms with E-state index in [1.165, 1.54) is 55.7 Å². The van der Waals surface area contributed by atoms with Crippen LogP contribution in [0, 0.1) is 0 Å². The lowest BCUT2D eigenvalue weighted by molar-refractivity contribution is 0.714. The van der Waals surface area contributed by atoms with E-state index >= 15 is 0 Å². The molecule has 5 aromatic carbocycles. The van der Waals surface area contributed by atoms with Gasteiger partial charge in [-0.15, -0.1) is 0 Å². The molecule has 0 saturated heterocycles. The number of aromatic nitrogens is 2. The SMILES string of the molecule is C1=CNCC(c2cccc(-c3cc(-c4ccccc4)nc(-c4ccc5c(c4)C4(C6=C(C=CCC6)c6ccccc64)c4ccccc4-5)n3)c2)=C1. The second-order valence-corrected chi connectivity index (χ2v) is 13.3. The fraction of sp³-hybridized carbons (Fsp3) is 0.0870. The van der Waals surface area contributed by atoms with E-state index in [1.54, 1.807) is 0 Å². The number of nitrogens with one attached hydrogen (secondary N) is 1. The van der Waals surface area contributed by atoms with Crippen molar-refractivity contribution in [2.24, 2.45) is 0 Å². The van der Waals surface area contributed by atoms with E-state index in [2.05, 4.69) is 157 Å². The van der Waals surface area contributed by atoms with Gasteiger partial charge in [0.25, 0.3) is 0 Å². The quantitative estimate of drug-likeness (QED) is 0.211. The van der Waals surface area contributed by atoms with Crippen molar-refractivity contribution < 1.29 is 0 Å². The lowest BCUT2D eigenvalue weighted by atomic mass is 9.68. The van der Waals surface area contributed by atoms with E-state index in [0.29, 0.717) is 0 Å². The molecule has 3 aliphatic carbocycles. The minimum Gasteiger partial charge on any atom is -0.387 e. The third-order valence-corrected chi connectivity index (χ3v) is 10.7. The second kappa shape index (κ2) is 11.0. The molecular weight excluding hydrogens is 595 g/mol. The zero-order chi connectivity index (χ0) is 32.4. The van der Waals surface area contributed by atoms with Crippen LogP contribution in [-0.2, 0) is 5.41 Å². The first-order valence-corrected chi connectivity index (χ1v) is 17.2. The Kier molecular flexibility index (Phi) is 6.29. The van der Waals surface area contributed by atoms with Crippen LogP contribution < -0.4 is 5.32 Å². The van der Waals surface area contributed by atoms with E-state index in [1.807, 2.05) is 6.20 Å². The van der Waals surface area contributed by atoms with Crippen LogP contribution in [-0.4, -0.2) is 16.5 Å². The number of rotatable bonds is 4. The van der Waals surface area contributed by atoms with Gasteiger partial charge in [-0.05, 0) is 99.0 Å². The summed E-state index contributed by atoms with van der Waals surface area (Å²) < 4.78 is 0. The van der Waals surface area contributed by atoms with Crippen LogP contribution in [0.2, 0.25) is 0 Å². The molecule has 4 aliphatic rings. The van der Waals surface area contributed by atoms with Crippen molar-refractivity contribution in [3.63, 3.8) is 0 Å². The minimum atomic E-state index is -0.330. The van der Waals surface area contributed by atoms with E-state index in [9.17, 15) is 0 Å². The summed E-state index contributed by atoms with van der Waals surface area (Å²) in [6.07, 6.45) is 13.0. The molecule has 3 nitrogen and oxygen atoms in total. The van der Waals surface area contributed by atoms with Gasteiger partial charge in [-0.2, -0.15) is 0 Å². The summed E-state index contributed by atoms with van der Waals surface area (Å²) in [5.74, 6) is 0.737. The van der Waals surface area contributed by atoms with Gasteiger partial charge in [0.1, 0.15) is 0 Å². The molecule has 10 rings (SSSR count). The topological polar surface area (TPSA) is 37.8 Å². The minimum absolute atomic E-state index is 0.330. The number of hydrogen-bond acceptors (Lipinski definition) is 3. The van der Waals surface area contributed by atoms with E-state index < -0.39 is 0 Å². The van der Waals surface area contributed by atoms with Crippen LogP contribution in [0.5, 0.6) is 0 Å². The highest BCUT2D eigenvalue weighted by Gasteiger charge is 2.52. The number of allylic oxidation sites excluding steroid dienone is 6. The van der Waals surface area contributed by atoms with Gasteiger partial charge in [0, 0.05) is 23.2 Å². The normalized spacial score (nSPS) is 18.1. The molecule has 1 atom stereocenters. The molecule has 1 aromatic heterocycles.